The summed E-state index contributed by atoms with van der Waals surface area (Å²) in [6.45, 7) is 6.30. The van der Waals surface area contributed by atoms with E-state index in [1.807, 2.05) is 19.9 Å². The van der Waals surface area contributed by atoms with Crippen molar-refractivity contribution in [2.75, 3.05) is 5.32 Å². The highest BCUT2D eigenvalue weighted by Gasteiger charge is 2.41. The molecule has 0 aliphatic heterocycles. The van der Waals surface area contributed by atoms with Gasteiger partial charge in [-0.1, -0.05) is 6.42 Å². The summed E-state index contributed by atoms with van der Waals surface area (Å²) in [5.41, 5.74) is 0. The maximum Gasteiger partial charge on any atom is 0.218 e. The largest absolute Gasteiger partial charge is 0.475 e. The topological polar surface area (TPSA) is 47.0 Å². The minimum absolute atomic E-state index is 0.140. The van der Waals surface area contributed by atoms with Gasteiger partial charge in [-0.3, -0.25) is 0 Å². The molecule has 2 bridgehead atoms. The number of anilines is 1. The second-order valence-electron chi connectivity index (χ2n) is 6.68. The van der Waals surface area contributed by atoms with E-state index in [1.54, 1.807) is 6.33 Å². The van der Waals surface area contributed by atoms with Crippen LogP contribution in [-0.4, -0.2) is 22.1 Å². The molecular formula is C16H25N3O. The highest BCUT2D eigenvalue weighted by atomic mass is 16.5. The number of ether oxygens (including phenoxy) is 1. The Morgan fingerprint density at radius 1 is 1.20 bits per heavy atom. The lowest BCUT2D eigenvalue weighted by molar-refractivity contribution is 0.232. The van der Waals surface area contributed by atoms with Gasteiger partial charge in [-0.05, 0) is 57.8 Å². The van der Waals surface area contributed by atoms with E-state index in [0.29, 0.717) is 11.9 Å². The summed E-state index contributed by atoms with van der Waals surface area (Å²) in [5.74, 6) is 4.25. The van der Waals surface area contributed by atoms with Crippen molar-refractivity contribution in [2.45, 2.75) is 58.6 Å². The first-order chi connectivity index (χ1) is 9.61. The highest BCUT2D eigenvalue weighted by Crippen LogP contribution is 2.49. The van der Waals surface area contributed by atoms with Crippen LogP contribution < -0.4 is 10.1 Å². The highest BCUT2D eigenvalue weighted by molar-refractivity contribution is 5.38. The lowest BCUT2D eigenvalue weighted by atomic mass is 9.84. The zero-order valence-corrected chi connectivity index (χ0v) is 12.7. The zero-order valence-electron chi connectivity index (χ0n) is 12.7. The van der Waals surface area contributed by atoms with Gasteiger partial charge in [0.1, 0.15) is 12.1 Å². The molecule has 2 aliphatic carbocycles. The van der Waals surface area contributed by atoms with Crippen molar-refractivity contribution in [1.29, 1.82) is 0 Å². The molecule has 4 unspecified atom stereocenters. The Morgan fingerprint density at radius 3 is 2.70 bits per heavy atom. The molecule has 2 saturated carbocycles. The number of hydrogen-bond acceptors (Lipinski definition) is 4. The van der Waals surface area contributed by atoms with Gasteiger partial charge in [0.05, 0.1) is 6.10 Å². The van der Waals surface area contributed by atoms with Crippen LogP contribution in [0.2, 0.25) is 0 Å². The Hall–Kier alpha value is -1.32. The summed E-state index contributed by atoms with van der Waals surface area (Å²) in [6, 6.07) is 2.39. The molecule has 1 heterocycles. The van der Waals surface area contributed by atoms with Crippen LogP contribution in [0, 0.1) is 17.8 Å². The number of aromatic nitrogens is 2. The lowest BCUT2D eigenvalue weighted by Gasteiger charge is -2.28. The second-order valence-corrected chi connectivity index (χ2v) is 6.68. The number of nitrogens with zero attached hydrogens (tertiary/aromatic N) is 2. The fourth-order valence-electron chi connectivity index (χ4n) is 3.97. The van der Waals surface area contributed by atoms with Crippen LogP contribution in [0.3, 0.4) is 0 Å². The van der Waals surface area contributed by atoms with E-state index in [9.17, 15) is 0 Å². The first-order valence-corrected chi connectivity index (χ1v) is 7.87. The van der Waals surface area contributed by atoms with Crippen LogP contribution >= 0.6 is 0 Å². The van der Waals surface area contributed by atoms with Gasteiger partial charge in [0.2, 0.25) is 5.88 Å². The van der Waals surface area contributed by atoms with E-state index in [4.69, 9.17) is 4.74 Å². The van der Waals surface area contributed by atoms with Crippen molar-refractivity contribution in [3.05, 3.63) is 12.4 Å². The average Bonchev–Trinajstić information content (AvgIpc) is 3.00. The van der Waals surface area contributed by atoms with E-state index in [2.05, 4.69) is 22.2 Å². The summed E-state index contributed by atoms with van der Waals surface area (Å²) >= 11 is 0. The Morgan fingerprint density at radius 2 is 2.05 bits per heavy atom. The fraction of sp³-hybridized carbons (Fsp3) is 0.750. The molecule has 4 heteroatoms. The van der Waals surface area contributed by atoms with Crippen LogP contribution in [-0.2, 0) is 0 Å². The third-order valence-electron chi connectivity index (χ3n) is 4.81. The van der Waals surface area contributed by atoms with Gasteiger partial charge in [0.25, 0.3) is 0 Å². The molecule has 0 spiro atoms. The van der Waals surface area contributed by atoms with Gasteiger partial charge >= 0.3 is 0 Å². The molecule has 110 valence electrons. The quantitative estimate of drug-likeness (QED) is 0.893. The molecule has 4 atom stereocenters. The van der Waals surface area contributed by atoms with Crippen molar-refractivity contribution in [2.24, 2.45) is 17.8 Å². The normalized spacial score (nSPS) is 29.7. The molecule has 0 radical (unpaired) electrons. The van der Waals surface area contributed by atoms with E-state index >= 15 is 0 Å². The number of nitrogens with one attached hydrogen (secondary N) is 1. The minimum atomic E-state index is 0.140. The van der Waals surface area contributed by atoms with Crippen molar-refractivity contribution in [3.63, 3.8) is 0 Å². The molecule has 0 saturated heterocycles. The molecule has 4 nitrogen and oxygen atoms in total. The SMILES string of the molecule is CC(C)Oc1cc(NC(C)C2CC3CCC2C3)ncn1. The van der Waals surface area contributed by atoms with Crippen LogP contribution in [0.5, 0.6) is 5.88 Å². The first kappa shape index (κ1) is 13.7. The van der Waals surface area contributed by atoms with Crippen LogP contribution in [0.1, 0.15) is 46.5 Å². The van der Waals surface area contributed by atoms with Crippen LogP contribution in [0.25, 0.3) is 0 Å². The second kappa shape index (κ2) is 5.58. The van der Waals surface area contributed by atoms with Gasteiger partial charge in [-0.25, -0.2) is 9.97 Å². The van der Waals surface area contributed by atoms with Gasteiger partial charge in [-0.2, -0.15) is 0 Å². The Labute approximate surface area is 121 Å². The monoisotopic (exact) mass is 275 g/mol. The molecule has 2 fully saturated rings. The molecule has 1 N–H and O–H groups in total. The summed E-state index contributed by atoms with van der Waals surface area (Å²) < 4.78 is 5.62. The Bertz CT molecular complexity index is 463. The van der Waals surface area contributed by atoms with Crippen LogP contribution in [0.15, 0.2) is 12.4 Å². The summed E-state index contributed by atoms with van der Waals surface area (Å²) in [5, 5.41) is 3.55. The smallest absolute Gasteiger partial charge is 0.218 e. The summed E-state index contributed by atoms with van der Waals surface area (Å²) in [6.07, 6.45) is 7.43. The standard InChI is InChI=1S/C16H25N3O/c1-10(2)20-16-8-15(17-9-18-16)19-11(3)14-7-12-4-5-13(14)6-12/h8-14H,4-7H2,1-3H3,(H,17,18,19). The third-order valence-corrected chi connectivity index (χ3v) is 4.81. The molecule has 20 heavy (non-hydrogen) atoms. The molecular weight excluding hydrogens is 250 g/mol. The molecule has 0 amide bonds. The van der Waals surface area contributed by atoms with Gasteiger partial charge in [0.15, 0.2) is 0 Å². The van der Waals surface area contributed by atoms with E-state index in [0.717, 1.165) is 23.6 Å². The Balaban J connectivity index is 1.62. The molecule has 0 aromatic carbocycles. The lowest BCUT2D eigenvalue weighted by Crippen LogP contribution is -2.30. The van der Waals surface area contributed by atoms with Gasteiger partial charge < -0.3 is 10.1 Å². The average molecular weight is 275 g/mol. The van der Waals surface area contributed by atoms with E-state index < -0.39 is 0 Å². The molecule has 1 aromatic rings. The zero-order chi connectivity index (χ0) is 14.1. The van der Waals surface area contributed by atoms with Gasteiger partial charge in [0, 0.05) is 12.1 Å². The number of rotatable bonds is 5. The number of hydrogen-bond donors (Lipinski definition) is 1. The third kappa shape index (κ3) is 2.89. The van der Waals surface area contributed by atoms with Crippen molar-refractivity contribution >= 4 is 5.82 Å². The van der Waals surface area contributed by atoms with Crippen molar-refractivity contribution in [3.8, 4) is 5.88 Å². The van der Waals surface area contributed by atoms with Gasteiger partial charge in [-0.15, -0.1) is 0 Å². The minimum Gasteiger partial charge on any atom is -0.475 e. The first-order valence-electron chi connectivity index (χ1n) is 7.87. The predicted octanol–water partition coefficient (Wildman–Crippen LogP) is 3.50. The fourth-order valence-corrected chi connectivity index (χ4v) is 3.97. The number of fused-ring (bicyclic) bond motifs is 2. The Kier molecular flexibility index (Phi) is 3.81. The maximum atomic E-state index is 5.62. The van der Waals surface area contributed by atoms with E-state index in [1.165, 1.54) is 25.7 Å². The summed E-state index contributed by atoms with van der Waals surface area (Å²) in [7, 11) is 0. The maximum absolute atomic E-state index is 5.62. The molecule has 2 aliphatic rings. The van der Waals surface area contributed by atoms with E-state index in [-0.39, 0.29) is 6.10 Å². The molecule has 1 aromatic heterocycles. The van der Waals surface area contributed by atoms with Crippen molar-refractivity contribution in [1.82, 2.24) is 9.97 Å². The molecule has 3 rings (SSSR count). The predicted molar refractivity (Wildman–Crippen MR) is 79.8 cm³/mol. The van der Waals surface area contributed by atoms with Crippen LogP contribution in [0.4, 0.5) is 5.82 Å². The van der Waals surface area contributed by atoms with Crippen molar-refractivity contribution < 1.29 is 4.74 Å². The summed E-state index contributed by atoms with van der Waals surface area (Å²) in [4.78, 5) is 8.47.